The van der Waals surface area contributed by atoms with Crippen LogP contribution in [0.15, 0.2) is 4.99 Å². The molecule has 1 heterocycles. The largest absolute Gasteiger partial charge is 0.469 e. The lowest BCUT2D eigenvalue weighted by Crippen LogP contribution is -2.44. The number of likely N-dealkylation sites (tertiary alicyclic amines) is 1. The number of aliphatic imine (C=N–C) groups is 1. The fourth-order valence-electron chi connectivity index (χ4n) is 2.82. The number of carbonyl (C=O) groups excluding carboxylic acids is 2. The summed E-state index contributed by atoms with van der Waals surface area (Å²) in [6.45, 7) is 10.7. The van der Waals surface area contributed by atoms with Crippen LogP contribution in [0.2, 0.25) is 0 Å². The average molecular weight is 385 g/mol. The van der Waals surface area contributed by atoms with Crippen molar-refractivity contribution in [1.29, 1.82) is 0 Å². The van der Waals surface area contributed by atoms with Gasteiger partial charge in [0.2, 0.25) is 0 Å². The number of alkyl carbamates (subject to hydrolysis) is 1. The smallest absolute Gasteiger partial charge is 0.407 e. The van der Waals surface area contributed by atoms with Crippen molar-refractivity contribution in [1.82, 2.24) is 15.5 Å². The predicted molar refractivity (Wildman–Crippen MR) is 106 cm³/mol. The number of methoxy groups -OCH3 is 1. The van der Waals surface area contributed by atoms with E-state index in [-0.39, 0.29) is 18.1 Å². The zero-order valence-electron chi connectivity index (χ0n) is 17.5. The fourth-order valence-corrected chi connectivity index (χ4v) is 2.82. The van der Waals surface area contributed by atoms with Gasteiger partial charge in [0.05, 0.1) is 13.2 Å². The SMILES string of the molecule is CCNC(=NCCCCCC(=O)OC)N1CCC(NC(=O)OC(C)(C)C)C1. The van der Waals surface area contributed by atoms with Crippen molar-refractivity contribution in [2.45, 2.75) is 71.4 Å². The van der Waals surface area contributed by atoms with Crippen LogP contribution in [0.3, 0.4) is 0 Å². The third-order valence-electron chi connectivity index (χ3n) is 4.07. The van der Waals surface area contributed by atoms with Crippen molar-refractivity contribution >= 4 is 18.0 Å². The second-order valence-corrected chi connectivity index (χ2v) is 7.70. The number of hydrogen-bond donors (Lipinski definition) is 2. The van der Waals surface area contributed by atoms with Crippen LogP contribution in [-0.2, 0) is 14.3 Å². The second-order valence-electron chi connectivity index (χ2n) is 7.70. The van der Waals surface area contributed by atoms with Crippen LogP contribution in [0.25, 0.3) is 0 Å². The normalized spacial score (nSPS) is 17.6. The van der Waals surface area contributed by atoms with Gasteiger partial charge in [-0.1, -0.05) is 6.42 Å². The number of carbonyl (C=O) groups is 2. The van der Waals surface area contributed by atoms with E-state index in [1.54, 1.807) is 0 Å². The van der Waals surface area contributed by atoms with Crippen LogP contribution >= 0.6 is 0 Å². The van der Waals surface area contributed by atoms with Gasteiger partial charge in [-0.25, -0.2) is 4.79 Å². The molecule has 0 aromatic heterocycles. The van der Waals surface area contributed by atoms with Gasteiger partial charge in [-0.05, 0) is 47.0 Å². The van der Waals surface area contributed by atoms with E-state index >= 15 is 0 Å². The molecule has 8 nitrogen and oxygen atoms in total. The van der Waals surface area contributed by atoms with Gasteiger partial charge >= 0.3 is 12.1 Å². The van der Waals surface area contributed by atoms with Crippen molar-refractivity contribution in [3.8, 4) is 0 Å². The Bertz CT molecular complexity index is 502. The molecule has 1 amide bonds. The number of hydrogen-bond acceptors (Lipinski definition) is 5. The highest BCUT2D eigenvalue weighted by Crippen LogP contribution is 2.12. The molecule has 1 unspecified atom stereocenters. The summed E-state index contributed by atoms with van der Waals surface area (Å²) in [6, 6.07) is 0.0590. The topological polar surface area (TPSA) is 92.3 Å². The number of ether oxygens (including phenoxy) is 2. The van der Waals surface area contributed by atoms with Crippen LogP contribution in [0.5, 0.6) is 0 Å². The Balaban J connectivity index is 2.39. The standard InChI is InChI=1S/C19H36N4O4/c1-6-20-17(21-12-9-7-8-10-16(24)26-5)23-13-11-15(14-23)22-18(25)27-19(2,3)4/h15H,6-14H2,1-5H3,(H,20,21)(H,22,25). The molecule has 0 aliphatic carbocycles. The van der Waals surface area contributed by atoms with Crippen LogP contribution < -0.4 is 10.6 Å². The molecule has 27 heavy (non-hydrogen) atoms. The number of esters is 1. The van der Waals surface area contributed by atoms with E-state index in [1.165, 1.54) is 7.11 Å². The van der Waals surface area contributed by atoms with Crippen LogP contribution in [0.1, 0.15) is 59.8 Å². The lowest BCUT2D eigenvalue weighted by Gasteiger charge is -2.23. The van der Waals surface area contributed by atoms with E-state index in [0.29, 0.717) is 19.5 Å². The quantitative estimate of drug-likeness (QED) is 0.289. The molecular formula is C19H36N4O4. The fraction of sp³-hybridized carbons (Fsp3) is 0.842. The van der Waals surface area contributed by atoms with Gasteiger partial charge in [-0.2, -0.15) is 0 Å². The molecular weight excluding hydrogens is 348 g/mol. The summed E-state index contributed by atoms with van der Waals surface area (Å²) in [5, 5.41) is 6.25. The highest BCUT2D eigenvalue weighted by atomic mass is 16.6. The zero-order valence-corrected chi connectivity index (χ0v) is 17.5. The Morgan fingerprint density at radius 1 is 1.22 bits per heavy atom. The van der Waals surface area contributed by atoms with E-state index in [9.17, 15) is 9.59 Å². The van der Waals surface area contributed by atoms with Crippen molar-refractivity contribution in [2.24, 2.45) is 4.99 Å². The van der Waals surface area contributed by atoms with Crippen molar-refractivity contribution in [3.05, 3.63) is 0 Å². The molecule has 1 atom stereocenters. The maximum atomic E-state index is 11.9. The molecule has 0 bridgehead atoms. The van der Waals surface area contributed by atoms with Gasteiger partial charge in [0.1, 0.15) is 5.60 Å². The molecule has 1 fully saturated rings. The molecule has 1 rings (SSSR count). The Morgan fingerprint density at radius 2 is 1.96 bits per heavy atom. The Morgan fingerprint density at radius 3 is 2.59 bits per heavy atom. The number of guanidine groups is 1. The lowest BCUT2D eigenvalue weighted by atomic mass is 10.2. The van der Waals surface area contributed by atoms with Crippen LogP contribution in [-0.4, -0.2) is 67.9 Å². The third-order valence-corrected chi connectivity index (χ3v) is 4.07. The summed E-state index contributed by atoms with van der Waals surface area (Å²) in [5.74, 6) is 0.714. The van der Waals surface area contributed by atoms with Crippen molar-refractivity contribution < 1.29 is 19.1 Å². The number of unbranched alkanes of at least 4 members (excludes halogenated alkanes) is 2. The minimum Gasteiger partial charge on any atom is -0.469 e. The molecule has 1 aliphatic rings. The van der Waals surface area contributed by atoms with Gasteiger partial charge in [-0.15, -0.1) is 0 Å². The maximum absolute atomic E-state index is 11.9. The van der Waals surface area contributed by atoms with E-state index in [0.717, 1.165) is 44.7 Å². The summed E-state index contributed by atoms with van der Waals surface area (Å²) in [6.07, 6.45) is 3.65. The minimum absolute atomic E-state index is 0.0590. The first-order valence-corrected chi connectivity index (χ1v) is 9.84. The molecule has 1 aliphatic heterocycles. The first-order chi connectivity index (χ1) is 12.7. The van der Waals surface area contributed by atoms with Crippen LogP contribution in [0.4, 0.5) is 4.79 Å². The Kier molecular flexibility index (Phi) is 9.96. The number of nitrogens with zero attached hydrogens (tertiary/aromatic N) is 2. The molecule has 0 aromatic carbocycles. The van der Waals surface area contributed by atoms with E-state index < -0.39 is 5.60 Å². The van der Waals surface area contributed by atoms with Crippen molar-refractivity contribution in [2.75, 3.05) is 33.3 Å². The summed E-state index contributed by atoms with van der Waals surface area (Å²) < 4.78 is 9.96. The highest BCUT2D eigenvalue weighted by Gasteiger charge is 2.27. The Hall–Kier alpha value is -1.99. The third kappa shape index (κ3) is 10.1. The summed E-state index contributed by atoms with van der Waals surface area (Å²) in [5.41, 5.74) is -0.493. The van der Waals surface area contributed by atoms with E-state index in [4.69, 9.17) is 4.74 Å². The van der Waals surface area contributed by atoms with E-state index in [1.807, 2.05) is 27.7 Å². The number of nitrogens with one attached hydrogen (secondary N) is 2. The summed E-state index contributed by atoms with van der Waals surface area (Å²) >= 11 is 0. The predicted octanol–water partition coefficient (Wildman–Crippen LogP) is 2.28. The monoisotopic (exact) mass is 384 g/mol. The average Bonchev–Trinajstić information content (AvgIpc) is 3.02. The maximum Gasteiger partial charge on any atom is 0.407 e. The van der Waals surface area contributed by atoms with Gasteiger partial charge in [0, 0.05) is 32.6 Å². The summed E-state index contributed by atoms with van der Waals surface area (Å²) in [7, 11) is 1.41. The first kappa shape index (κ1) is 23.0. The number of amides is 1. The summed E-state index contributed by atoms with van der Waals surface area (Å²) in [4.78, 5) is 29.9. The molecule has 156 valence electrons. The Labute approximate surface area is 163 Å². The first-order valence-electron chi connectivity index (χ1n) is 9.84. The van der Waals surface area contributed by atoms with E-state index in [2.05, 4.69) is 25.3 Å². The molecule has 2 N–H and O–H groups in total. The molecule has 0 radical (unpaired) electrons. The van der Waals surface area contributed by atoms with Gasteiger partial charge in [-0.3, -0.25) is 9.79 Å². The zero-order chi connectivity index (χ0) is 20.3. The molecule has 8 heteroatoms. The van der Waals surface area contributed by atoms with Crippen LogP contribution in [0, 0.1) is 0 Å². The minimum atomic E-state index is -0.493. The highest BCUT2D eigenvalue weighted by molar-refractivity contribution is 5.80. The molecule has 1 saturated heterocycles. The van der Waals surface area contributed by atoms with Gasteiger partial charge < -0.3 is 25.0 Å². The molecule has 0 aromatic rings. The second kappa shape index (κ2) is 11.7. The number of rotatable bonds is 8. The van der Waals surface area contributed by atoms with Gasteiger partial charge in [0.25, 0.3) is 0 Å². The van der Waals surface area contributed by atoms with Gasteiger partial charge in [0.15, 0.2) is 5.96 Å². The lowest BCUT2D eigenvalue weighted by molar-refractivity contribution is -0.140. The molecule has 0 spiro atoms. The van der Waals surface area contributed by atoms with Crippen molar-refractivity contribution in [3.63, 3.8) is 0 Å². The molecule has 0 saturated carbocycles.